The molecule has 1 aliphatic rings. The first-order chi connectivity index (χ1) is 10.0. The molecule has 0 heterocycles. The number of fused-ring (bicyclic) bond motifs is 1. The van der Waals surface area contributed by atoms with Gasteiger partial charge < -0.3 is 9.84 Å². The maximum Gasteiger partial charge on any atom is 0.129 e. The molecule has 0 saturated heterocycles. The largest absolute Gasteiger partial charge is 0.497 e. The molecule has 2 nitrogen and oxygen atoms in total. The van der Waals surface area contributed by atoms with Crippen LogP contribution in [0.3, 0.4) is 0 Å². The predicted octanol–water partition coefficient (Wildman–Crippen LogP) is 3.52. The molecule has 21 heavy (non-hydrogen) atoms. The van der Waals surface area contributed by atoms with Gasteiger partial charge in [0.1, 0.15) is 11.6 Å². The van der Waals surface area contributed by atoms with Crippen LogP contribution in [0.2, 0.25) is 0 Å². The number of methoxy groups -OCH3 is 1. The summed E-state index contributed by atoms with van der Waals surface area (Å²) in [6, 6.07) is 10.8. The zero-order valence-electron chi connectivity index (χ0n) is 12.3. The second kappa shape index (κ2) is 5.15. The van der Waals surface area contributed by atoms with Crippen LogP contribution < -0.4 is 4.74 Å². The van der Waals surface area contributed by atoms with Crippen LogP contribution in [-0.4, -0.2) is 12.2 Å². The normalized spacial score (nSPS) is 21.0. The van der Waals surface area contributed by atoms with E-state index in [1.807, 2.05) is 25.1 Å². The van der Waals surface area contributed by atoms with Gasteiger partial charge in [0, 0.05) is 12.0 Å². The lowest BCUT2D eigenvalue weighted by Crippen LogP contribution is -2.34. The minimum Gasteiger partial charge on any atom is -0.497 e. The third-order valence-electron chi connectivity index (χ3n) is 4.33. The summed E-state index contributed by atoms with van der Waals surface area (Å²) in [7, 11) is 1.62. The Morgan fingerprint density at radius 2 is 1.95 bits per heavy atom. The van der Waals surface area contributed by atoms with Crippen molar-refractivity contribution in [2.75, 3.05) is 7.11 Å². The van der Waals surface area contributed by atoms with Crippen LogP contribution in [0.4, 0.5) is 4.39 Å². The fraction of sp³-hybridized carbons (Fsp3) is 0.333. The number of rotatable bonds is 2. The van der Waals surface area contributed by atoms with E-state index in [0.717, 1.165) is 23.3 Å². The summed E-state index contributed by atoms with van der Waals surface area (Å²) in [5, 5.41) is 11.0. The topological polar surface area (TPSA) is 29.5 Å². The van der Waals surface area contributed by atoms with Crippen LogP contribution in [0, 0.1) is 12.7 Å². The molecular formula is C18H19FO2. The van der Waals surface area contributed by atoms with E-state index in [1.165, 1.54) is 11.6 Å². The average molecular weight is 286 g/mol. The average Bonchev–Trinajstić information content (AvgIpc) is 2.48. The Morgan fingerprint density at radius 1 is 1.14 bits per heavy atom. The molecule has 1 aliphatic carbocycles. The fourth-order valence-electron chi connectivity index (χ4n) is 3.11. The van der Waals surface area contributed by atoms with Crippen LogP contribution in [0.15, 0.2) is 36.4 Å². The van der Waals surface area contributed by atoms with Crippen LogP contribution in [0.5, 0.6) is 5.75 Å². The van der Waals surface area contributed by atoms with Gasteiger partial charge in [-0.05, 0) is 49.1 Å². The highest BCUT2D eigenvalue weighted by molar-refractivity contribution is 5.41. The quantitative estimate of drug-likeness (QED) is 0.915. The molecule has 0 aliphatic heterocycles. The molecule has 0 bridgehead atoms. The molecule has 0 fully saturated rings. The van der Waals surface area contributed by atoms with E-state index in [1.54, 1.807) is 19.2 Å². The Hall–Kier alpha value is -1.87. The molecule has 0 saturated carbocycles. The Labute approximate surface area is 124 Å². The summed E-state index contributed by atoms with van der Waals surface area (Å²) in [6.45, 7) is 1.91. The number of benzene rings is 2. The van der Waals surface area contributed by atoms with E-state index >= 15 is 0 Å². The van der Waals surface area contributed by atoms with E-state index in [-0.39, 0.29) is 5.82 Å². The Kier molecular flexibility index (Phi) is 3.46. The molecule has 1 unspecified atom stereocenters. The van der Waals surface area contributed by atoms with Crippen molar-refractivity contribution in [3.8, 4) is 5.75 Å². The Bertz CT molecular complexity index is 681. The summed E-state index contributed by atoms with van der Waals surface area (Å²) >= 11 is 0. The van der Waals surface area contributed by atoms with Gasteiger partial charge in [0.15, 0.2) is 0 Å². The number of ether oxygens (including phenoxy) is 1. The summed E-state index contributed by atoms with van der Waals surface area (Å²) in [6.07, 6.45) is 1.69. The minimum absolute atomic E-state index is 0.338. The van der Waals surface area contributed by atoms with Crippen LogP contribution in [0.25, 0.3) is 0 Å². The highest BCUT2D eigenvalue weighted by Gasteiger charge is 2.36. The zero-order chi connectivity index (χ0) is 15.0. The Morgan fingerprint density at radius 3 is 2.71 bits per heavy atom. The van der Waals surface area contributed by atoms with Crippen molar-refractivity contribution in [1.82, 2.24) is 0 Å². The molecule has 2 aromatic rings. The van der Waals surface area contributed by atoms with Crippen molar-refractivity contribution >= 4 is 0 Å². The lowest BCUT2D eigenvalue weighted by molar-refractivity contribution is 0.0187. The van der Waals surface area contributed by atoms with Crippen LogP contribution >= 0.6 is 0 Å². The molecule has 0 aromatic heterocycles. The van der Waals surface area contributed by atoms with Crippen LogP contribution in [0.1, 0.15) is 28.7 Å². The number of hydrogen-bond acceptors (Lipinski definition) is 2. The van der Waals surface area contributed by atoms with Crippen LogP contribution in [-0.2, 0) is 18.4 Å². The van der Waals surface area contributed by atoms with Crippen molar-refractivity contribution in [1.29, 1.82) is 0 Å². The Balaban J connectivity index is 2.02. The molecule has 3 heteroatoms. The second-order valence-electron chi connectivity index (χ2n) is 5.83. The molecule has 0 spiro atoms. The smallest absolute Gasteiger partial charge is 0.129 e. The van der Waals surface area contributed by atoms with Gasteiger partial charge in [-0.2, -0.15) is 0 Å². The summed E-state index contributed by atoms with van der Waals surface area (Å²) in [4.78, 5) is 0. The number of aliphatic hydroxyl groups is 1. The third kappa shape index (κ3) is 2.54. The fourth-order valence-corrected chi connectivity index (χ4v) is 3.11. The summed E-state index contributed by atoms with van der Waals surface area (Å²) < 4.78 is 19.4. The summed E-state index contributed by atoms with van der Waals surface area (Å²) in [5.74, 6) is 0.428. The van der Waals surface area contributed by atoms with Gasteiger partial charge >= 0.3 is 0 Å². The first-order valence-corrected chi connectivity index (χ1v) is 7.17. The van der Waals surface area contributed by atoms with Gasteiger partial charge in [0.05, 0.1) is 12.7 Å². The van der Waals surface area contributed by atoms with Crippen molar-refractivity contribution in [2.45, 2.75) is 31.8 Å². The predicted molar refractivity (Wildman–Crippen MR) is 80.1 cm³/mol. The maximum atomic E-state index is 14.1. The second-order valence-corrected chi connectivity index (χ2v) is 5.83. The van der Waals surface area contributed by atoms with Gasteiger partial charge in [-0.3, -0.25) is 0 Å². The molecule has 2 aromatic carbocycles. The van der Waals surface area contributed by atoms with Crippen molar-refractivity contribution < 1.29 is 14.2 Å². The standard InChI is InChI=1S/C18H19FO2/c1-12-3-6-17(19)16(9-12)18(20)8-7-13-4-5-15(21-2)10-14(13)11-18/h3-6,9-10,20H,7-8,11H2,1-2H3. The van der Waals surface area contributed by atoms with E-state index < -0.39 is 5.60 Å². The van der Waals surface area contributed by atoms with Gasteiger partial charge in [-0.25, -0.2) is 4.39 Å². The lowest BCUT2D eigenvalue weighted by atomic mass is 9.76. The van der Waals surface area contributed by atoms with E-state index in [0.29, 0.717) is 18.4 Å². The van der Waals surface area contributed by atoms with Gasteiger partial charge in [-0.15, -0.1) is 0 Å². The maximum absolute atomic E-state index is 14.1. The van der Waals surface area contributed by atoms with Gasteiger partial charge in [-0.1, -0.05) is 23.8 Å². The van der Waals surface area contributed by atoms with Crippen molar-refractivity contribution in [2.24, 2.45) is 0 Å². The molecule has 1 atom stereocenters. The third-order valence-corrected chi connectivity index (χ3v) is 4.33. The molecule has 3 rings (SSSR count). The monoisotopic (exact) mass is 286 g/mol. The zero-order valence-corrected chi connectivity index (χ0v) is 12.3. The van der Waals surface area contributed by atoms with Gasteiger partial charge in [0.25, 0.3) is 0 Å². The molecule has 110 valence electrons. The minimum atomic E-state index is -1.14. The first-order valence-electron chi connectivity index (χ1n) is 7.17. The lowest BCUT2D eigenvalue weighted by Gasteiger charge is -2.34. The number of hydrogen-bond donors (Lipinski definition) is 1. The molecular weight excluding hydrogens is 267 g/mol. The van der Waals surface area contributed by atoms with Crippen molar-refractivity contribution in [3.05, 3.63) is 64.5 Å². The van der Waals surface area contributed by atoms with E-state index in [9.17, 15) is 9.50 Å². The highest BCUT2D eigenvalue weighted by Crippen LogP contribution is 2.38. The molecule has 1 N–H and O–H groups in total. The van der Waals surface area contributed by atoms with Gasteiger partial charge in [0.2, 0.25) is 0 Å². The van der Waals surface area contributed by atoms with Crippen molar-refractivity contribution in [3.63, 3.8) is 0 Å². The SMILES string of the molecule is COc1ccc2c(c1)CC(O)(c1cc(C)ccc1F)CC2. The highest BCUT2D eigenvalue weighted by atomic mass is 19.1. The summed E-state index contributed by atoms with van der Waals surface area (Å²) in [5.41, 5.74) is 2.44. The first kappa shape index (κ1) is 14.1. The number of halogens is 1. The van der Waals surface area contributed by atoms with E-state index in [2.05, 4.69) is 0 Å². The molecule has 0 radical (unpaired) electrons. The number of aryl methyl sites for hydroxylation is 2. The van der Waals surface area contributed by atoms with E-state index in [4.69, 9.17) is 4.74 Å². The molecule has 0 amide bonds.